The lowest BCUT2D eigenvalue weighted by Gasteiger charge is -2.10. The van der Waals surface area contributed by atoms with E-state index in [1.165, 1.54) is 12.8 Å². The number of imidazole rings is 1. The lowest BCUT2D eigenvalue weighted by Crippen LogP contribution is -2.04. The van der Waals surface area contributed by atoms with Gasteiger partial charge in [0.05, 0.1) is 29.3 Å². The molecular formula is C14H15BrN2O2. The van der Waals surface area contributed by atoms with Gasteiger partial charge in [-0.15, -0.1) is 0 Å². The molecule has 0 saturated heterocycles. The summed E-state index contributed by atoms with van der Waals surface area (Å²) in [7, 11) is 0. The number of aliphatic hydroxyl groups excluding tert-OH is 1. The summed E-state index contributed by atoms with van der Waals surface area (Å²) >= 11 is 3.45. The third-order valence-electron chi connectivity index (χ3n) is 3.24. The largest absolute Gasteiger partial charge is 0.486 e. The lowest BCUT2D eigenvalue weighted by atomic mass is 10.2. The molecule has 3 rings (SSSR count). The van der Waals surface area contributed by atoms with Gasteiger partial charge in [-0.25, -0.2) is 4.98 Å². The van der Waals surface area contributed by atoms with E-state index in [0.29, 0.717) is 12.6 Å². The van der Waals surface area contributed by atoms with Crippen LogP contribution in [-0.4, -0.2) is 14.7 Å². The molecule has 0 amide bonds. The highest BCUT2D eigenvalue weighted by Gasteiger charge is 2.25. The Kier molecular flexibility index (Phi) is 3.57. The first-order valence-corrected chi connectivity index (χ1v) is 7.10. The Morgan fingerprint density at radius 2 is 2.26 bits per heavy atom. The van der Waals surface area contributed by atoms with Crippen molar-refractivity contribution in [2.24, 2.45) is 0 Å². The maximum absolute atomic E-state index is 9.06. The van der Waals surface area contributed by atoms with Crippen LogP contribution in [0.25, 0.3) is 0 Å². The number of hydrogen-bond acceptors (Lipinski definition) is 3. The Hall–Kier alpha value is -1.33. The van der Waals surface area contributed by atoms with Crippen LogP contribution < -0.4 is 4.74 Å². The molecule has 100 valence electrons. The molecule has 1 fully saturated rings. The van der Waals surface area contributed by atoms with Gasteiger partial charge in [0.1, 0.15) is 12.4 Å². The molecule has 1 aliphatic carbocycles. The number of hydrogen-bond donors (Lipinski definition) is 1. The summed E-state index contributed by atoms with van der Waals surface area (Å²) in [5.74, 6) is 0.778. The van der Waals surface area contributed by atoms with Gasteiger partial charge in [-0.3, -0.25) is 0 Å². The minimum atomic E-state index is 0.0351. The number of benzene rings is 1. The van der Waals surface area contributed by atoms with Crippen molar-refractivity contribution in [3.63, 3.8) is 0 Å². The Bertz CT molecular complexity index is 579. The van der Waals surface area contributed by atoms with E-state index in [1.54, 1.807) is 0 Å². The van der Waals surface area contributed by atoms with Crippen LogP contribution in [0.15, 0.2) is 35.2 Å². The molecule has 0 bridgehead atoms. The summed E-state index contributed by atoms with van der Waals surface area (Å²) in [5.41, 5.74) is 1.96. The molecule has 0 atom stereocenters. The summed E-state index contributed by atoms with van der Waals surface area (Å²) in [4.78, 5) is 4.18. The van der Waals surface area contributed by atoms with E-state index in [4.69, 9.17) is 9.84 Å². The molecule has 0 spiro atoms. The second-order valence-corrected chi connectivity index (χ2v) is 5.59. The predicted octanol–water partition coefficient (Wildman–Crippen LogP) is 3.05. The molecule has 0 unspecified atom stereocenters. The van der Waals surface area contributed by atoms with Gasteiger partial charge in [0.2, 0.25) is 0 Å². The molecule has 1 aromatic heterocycles. The Morgan fingerprint density at radius 1 is 1.42 bits per heavy atom. The van der Waals surface area contributed by atoms with Gasteiger partial charge in [-0.1, -0.05) is 6.07 Å². The molecule has 1 heterocycles. The number of aromatic nitrogens is 2. The van der Waals surface area contributed by atoms with E-state index < -0.39 is 0 Å². The fourth-order valence-corrected chi connectivity index (χ4v) is 2.58. The maximum Gasteiger partial charge on any atom is 0.134 e. The molecule has 1 aromatic carbocycles. The summed E-state index contributed by atoms with van der Waals surface area (Å²) in [6.45, 7) is 0.543. The van der Waals surface area contributed by atoms with E-state index in [0.717, 1.165) is 21.5 Å². The van der Waals surface area contributed by atoms with Crippen LogP contribution >= 0.6 is 15.9 Å². The van der Waals surface area contributed by atoms with E-state index in [-0.39, 0.29) is 6.61 Å². The SMILES string of the molecule is OCc1ccc(OCc2cncn2C2CC2)c(Br)c1. The average Bonchev–Trinajstić information content (AvgIpc) is 3.16. The second kappa shape index (κ2) is 5.35. The quantitative estimate of drug-likeness (QED) is 0.920. The molecule has 1 aliphatic rings. The molecule has 0 aliphatic heterocycles. The summed E-state index contributed by atoms with van der Waals surface area (Å²) in [5, 5.41) is 9.06. The van der Waals surface area contributed by atoms with Crippen molar-refractivity contribution in [3.8, 4) is 5.75 Å². The first kappa shape index (κ1) is 12.7. The highest BCUT2D eigenvalue weighted by atomic mass is 79.9. The topological polar surface area (TPSA) is 47.3 Å². The Morgan fingerprint density at radius 3 is 2.95 bits per heavy atom. The summed E-state index contributed by atoms with van der Waals surface area (Å²) in [6.07, 6.45) is 6.20. The van der Waals surface area contributed by atoms with Crippen LogP contribution in [0.1, 0.15) is 30.1 Å². The third kappa shape index (κ3) is 2.82. The van der Waals surface area contributed by atoms with Crippen LogP contribution in [0.5, 0.6) is 5.75 Å². The molecule has 0 radical (unpaired) electrons. The fraction of sp³-hybridized carbons (Fsp3) is 0.357. The van der Waals surface area contributed by atoms with Crippen molar-refractivity contribution >= 4 is 15.9 Å². The van der Waals surface area contributed by atoms with Gasteiger partial charge >= 0.3 is 0 Å². The van der Waals surface area contributed by atoms with Gasteiger partial charge in [-0.2, -0.15) is 0 Å². The van der Waals surface area contributed by atoms with Gasteiger partial charge < -0.3 is 14.4 Å². The first-order valence-electron chi connectivity index (χ1n) is 6.30. The van der Waals surface area contributed by atoms with E-state index in [2.05, 4.69) is 25.5 Å². The minimum Gasteiger partial charge on any atom is -0.486 e. The number of halogens is 1. The lowest BCUT2D eigenvalue weighted by molar-refractivity contribution is 0.279. The van der Waals surface area contributed by atoms with Gasteiger partial charge in [0.25, 0.3) is 0 Å². The van der Waals surface area contributed by atoms with Gasteiger partial charge in [0.15, 0.2) is 0 Å². The third-order valence-corrected chi connectivity index (χ3v) is 3.86. The smallest absolute Gasteiger partial charge is 0.134 e. The summed E-state index contributed by atoms with van der Waals surface area (Å²) in [6, 6.07) is 6.21. The average molecular weight is 323 g/mol. The van der Waals surface area contributed by atoms with Gasteiger partial charge in [0, 0.05) is 6.04 Å². The summed E-state index contributed by atoms with van der Waals surface area (Å²) < 4.78 is 8.86. The van der Waals surface area contributed by atoms with Crippen molar-refractivity contribution in [2.75, 3.05) is 0 Å². The van der Waals surface area contributed by atoms with Crippen molar-refractivity contribution in [1.29, 1.82) is 0 Å². The van der Waals surface area contributed by atoms with E-state index >= 15 is 0 Å². The Balaban J connectivity index is 1.70. The highest BCUT2D eigenvalue weighted by molar-refractivity contribution is 9.10. The van der Waals surface area contributed by atoms with Crippen molar-refractivity contribution in [1.82, 2.24) is 9.55 Å². The fourth-order valence-electron chi connectivity index (χ4n) is 2.04. The molecular weight excluding hydrogens is 308 g/mol. The Labute approximate surface area is 120 Å². The minimum absolute atomic E-state index is 0.0351. The van der Waals surface area contributed by atoms with Gasteiger partial charge in [-0.05, 0) is 46.5 Å². The second-order valence-electron chi connectivity index (χ2n) is 4.73. The number of nitrogens with zero attached hydrogens (tertiary/aromatic N) is 2. The zero-order valence-electron chi connectivity index (χ0n) is 10.4. The molecule has 1 N–H and O–H groups in total. The normalized spacial score (nSPS) is 14.6. The zero-order chi connectivity index (χ0) is 13.2. The van der Waals surface area contributed by atoms with E-state index in [1.807, 2.05) is 30.7 Å². The molecule has 2 aromatic rings. The van der Waals surface area contributed by atoms with Crippen LogP contribution in [0.2, 0.25) is 0 Å². The van der Waals surface area contributed by atoms with Crippen LogP contribution in [0.4, 0.5) is 0 Å². The molecule has 5 heteroatoms. The molecule has 19 heavy (non-hydrogen) atoms. The number of aliphatic hydroxyl groups is 1. The molecule has 1 saturated carbocycles. The standard InChI is InChI=1S/C14H15BrN2O2/c15-13-5-10(7-18)1-4-14(13)19-8-12-6-16-9-17(12)11-2-3-11/h1,4-6,9,11,18H,2-3,7-8H2. The molecule has 4 nitrogen and oxygen atoms in total. The van der Waals surface area contributed by atoms with Crippen LogP contribution in [0.3, 0.4) is 0 Å². The van der Waals surface area contributed by atoms with Crippen molar-refractivity contribution in [2.45, 2.75) is 32.1 Å². The number of rotatable bonds is 5. The maximum atomic E-state index is 9.06. The monoisotopic (exact) mass is 322 g/mol. The predicted molar refractivity (Wildman–Crippen MR) is 74.9 cm³/mol. The highest BCUT2D eigenvalue weighted by Crippen LogP contribution is 2.36. The van der Waals surface area contributed by atoms with Crippen molar-refractivity contribution in [3.05, 3.63) is 46.5 Å². The van der Waals surface area contributed by atoms with Crippen LogP contribution in [0, 0.1) is 0 Å². The van der Waals surface area contributed by atoms with Crippen molar-refractivity contribution < 1.29 is 9.84 Å². The number of ether oxygens (including phenoxy) is 1. The van der Waals surface area contributed by atoms with Crippen LogP contribution in [-0.2, 0) is 13.2 Å². The zero-order valence-corrected chi connectivity index (χ0v) is 12.0. The first-order chi connectivity index (χ1) is 9.28. The van der Waals surface area contributed by atoms with E-state index in [9.17, 15) is 0 Å².